The van der Waals surface area contributed by atoms with Crippen LogP contribution in [0.15, 0.2) is 53.3 Å². The highest BCUT2D eigenvalue weighted by molar-refractivity contribution is 5.94. The van der Waals surface area contributed by atoms with Gasteiger partial charge in [-0.2, -0.15) is 5.10 Å². The summed E-state index contributed by atoms with van der Waals surface area (Å²) in [5.41, 5.74) is 1.17. The van der Waals surface area contributed by atoms with Crippen LogP contribution in [0.2, 0.25) is 0 Å². The average molecular weight is 449 g/mol. The van der Waals surface area contributed by atoms with Gasteiger partial charge in [-0.05, 0) is 62.7 Å². The molecule has 0 atom stereocenters. The SMILES string of the molecule is CCCCOc1ccc(C(=O)NCc2nn(CCN3CCCC3)c(=O)c3ccccc23)cc1. The molecule has 1 fully saturated rings. The van der Waals surface area contributed by atoms with Crippen molar-refractivity contribution in [3.8, 4) is 5.75 Å². The van der Waals surface area contributed by atoms with Crippen molar-refractivity contribution in [3.05, 3.63) is 70.1 Å². The zero-order chi connectivity index (χ0) is 23.0. The number of fused-ring (bicyclic) bond motifs is 1. The fourth-order valence-corrected chi connectivity index (χ4v) is 4.13. The van der Waals surface area contributed by atoms with Crippen LogP contribution in [0.5, 0.6) is 5.75 Å². The summed E-state index contributed by atoms with van der Waals surface area (Å²) in [7, 11) is 0. The van der Waals surface area contributed by atoms with Gasteiger partial charge in [0.25, 0.3) is 11.5 Å². The Morgan fingerprint density at radius 2 is 1.76 bits per heavy atom. The van der Waals surface area contributed by atoms with Crippen LogP contribution in [0.3, 0.4) is 0 Å². The van der Waals surface area contributed by atoms with Gasteiger partial charge in [0.1, 0.15) is 5.75 Å². The minimum absolute atomic E-state index is 0.0847. The molecule has 3 aromatic rings. The summed E-state index contributed by atoms with van der Waals surface area (Å²) < 4.78 is 7.21. The molecule has 0 unspecified atom stereocenters. The number of nitrogens with zero attached hydrogens (tertiary/aromatic N) is 3. The molecule has 33 heavy (non-hydrogen) atoms. The Labute approximate surface area is 194 Å². The minimum Gasteiger partial charge on any atom is -0.494 e. The second kappa shape index (κ2) is 11.1. The normalized spacial score (nSPS) is 14.0. The minimum atomic E-state index is -0.184. The quantitative estimate of drug-likeness (QED) is 0.480. The number of nitrogens with one attached hydrogen (secondary N) is 1. The molecule has 7 nitrogen and oxygen atoms in total. The van der Waals surface area contributed by atoms with E-state index in [0.717, 1.165) is 43.6 Å². The summed E-state index contributed by atoms with van der Waals surface area (Å²) in [5, 5.41) is 8.99. The number of amides is 1. The Bertz CT molecular complexity index is 1130. The summed E-state index contributed by atoms with van der Waals surface area (Å²) in [6, 6.07) is 14.6. The first-order valence-corrected chi connectivity index (χ1v) is 11.9. The third-order valence-electron chi connectivity index (χ3n) is 6.07. The molecule has 0 saturated carbocycles. The average Bonchev–Trinajstić information content (AvgIpc) is 3.37. The highest BCUT2D eigenvalue weighted by Crippen LogP contribution is 2.15. The zero-order valence-electron chi connectivity index (χ0n) is 19.3. The molecular formula is C26H32N4O3. The van der Waals surface area contributed by atoms with E-state index in [1.807, 2.05) is 36.4 Å². The van der Waals surface area contributed by atoms with Crippen molar-refractivity contribution in [3.63, 3.8) is 0 Å². The van der Waals surface area contributed by atoms with Crippen LogP contribution in [0.4, 0.5) is 0 Å². The first kappa shape index (κ1) is 23.0. The first-order chi connectivity index (χ1) is 16.2. The number of unbranched alkanes of at least 4 members (excludes halogenated alkanes) is 1. The number of aromatic nitrogens is 2. The predicted molar refractivity (Wildman–Crippen MR) is 130 cm³/mol. The van der Waals surface area contributed by atoms with E-state index in [0.29, 0.717) is 29.8 Å². The van der Waals surface area contributed by atoms with Gasteiger partial charge in [0.2, 0.25) is 0 Å². The molecule has 1 saturated heterocycles. The van der Waals surface area contributed by atoms with Crippen molar-refractivity contribution in [2.24, 2.45) is 0 Å². The van der Waals surface area contributed by atoms with Gasteiger partial charge in [-0.3, -0.25) is 9.59 Å². The van der Waals surface area contributed by atoms with Crippen molar-refractivity contribution in [2.45, 2.75) is 45.7 Å². The summed E-state index contributed by atoms with van der Waals surface area (Å²) in [5.74, 6) is 0.577. The lowest BCUT2D eigenvalue weighted by Crippen LogP contribution is -2.32. The highest BCUT2D eigenvalue weighted by Gasteiger charge is 2.15. The van der Waals surface area contributed by atoms with Crippen molar-refractivity contribution in [2.75, 3.05) is 26.2 Å². The summed E-state index contributed by atoms with van der Waals surface area (Å²) in [4.78, 5) is 28.0. The van der Waals surface area contributed by atoms with Gasteiger partial charge in [-0.25, -0.2) is 4.68 Å². The molecule has 2 heterocycles. The maximum atomic E-state index is 13.0. The van der Waals surface area contributed by atoms with Crippen LogP contribution in [-0.2, 0) is 13.1 Å². The van der Waals surface area contributed by atoms with E-state index in [2.05, 4.69) is 22.2 Å². The molecule has 4 rings (SSSR count). The largest absolute Gasteiger partial charge is 0.494 e. The maximum absolute atomic E-state index is 13.0. The van der Waals surface area contributed by atoms with E-state index in [9.17, 15) is 9.59 Å². The van der Waals surface area contributed by atoms with Gasteiger partial charge in [0.05, 0.1) is 30.8 Å². The van der Waals surface area contributed by atoms with E-state index in [1.54, 1.807) is 16.8 Å². The summed E-state index contributed by atoms with van der Waals surface area (Å²) >= 11 is 0. The van der Waals surface area contributed by atoms with Gasteiger partial charge in [0, 0.05) is 17.5 Å². The highest BCUT2D eigenvalue weighted by atomic mass is 16.5. The van der Waals surface area contributed by atoms with Gasteiger partial charge >= 0.3 is 0 Å². The lowest BCUT2D eigenvalue weighted by Gasteiger charge is -2.16. The van der Waals surface area contributed by atoms with Gasteiger partial charge in [0.15, 0.2) is 0 Å². The van der Waals surface area contributed by atoms with Crippen molar-refractivity contribution in [1.29, 1.82) is 0 Å². The smallest absolute Gasteiger partial charge is 0.274 e. The second-order valence-corrected chi connectivity index (χ2v) is 8.48. The number of carbonyl (C=O) groups excluding carboxylic acids is 1. The number of carbonyl (C=O) groups is 1. The van der Waals surface area contributed by atoms with Gasteiger partial charge in [-0.1, -0.05) is 31.5 Å². The third kappa shape index (κ3) is 5.79. The molecule has 7 heteroatoms. The van der Waals surface area contributed by atoms with Crippen LogP contribution in [0.25, 0.3) is 10.8 Å². The third-order valence-corrected chi connectivity index (χ3v) is 6.07. The molecule has 0 aliphatic carbocycles. The van der Waals surface area contributed by atoms with Crippen LogP contribution >= 0.6 is 0 Å². The molecular weight excluding hydrogens is 416 g/mol. The lowest BCUT2D eigenvalue weighted by molar-refractivity contribution is 0.0950. The molecule has 1 aromatic heterocycles. The van der Waals surface area contributed by atoms with Crippen molar-refractivity contribution < 1.29 is 9.53 Å². The molecule has 174 valence electrons. The molecule has 1 amide bonds. The first-order valence-electron chi connectivity index (χ1n) is 11.9. The molecule has 0 bridgehead atoms. The molecule has 0 radical (unpaired) electrons. The Morgan fingerprint density at radius 3 is 2.48 bits per heavy atom. The summed E-state index contributed by atoms with van der Waals surface area (Å²) in [6.07, 6.45) is 4.50. The van der Waals surface area contributed by atoms with Crippen LogP contribution < -0.4 is 15.6 Å². The second-order valence-electron chi connectivity index (χ2n) is 8.48. The molecule has 1 aliphatic heterocycles. The molecule has 0 spiro atoms. The Morgan fingerprint density at radius 1 is 1.03 bits per heavy atom. The van der Waals surface area contributed by atoms with Crippen molar-refractivity contribution in [1.82, 2.24) is 20.0 Å². The molecule has 1 N–H and O–H groups in total. The van der Waals surface area contributed by atoms with Crippen LogP contribution in [0.1, 0.15) is 48.7 Å². The van der Waals surface area contributed by atoms with E-state index in [4.69, 9.17) is 4.74 Å². The number of rotatable bonds is 10. The number of benzene rings is 2. The van der Waals surface area contributed by atoms with E-state index < -0.39 is 0 Å². The Kier molecular flexibility index (Phi) is 7.73. The van der Waals surface area contributed by atoms with Gasteiger partial charge in [-0.15, -0.1) is 0 Å². The van der Waals surface area contributed by atoms with E-state index in [-0.39, 0.29) is 18.0 Å². The number of hydrogen-bond acceptors (Lipinski definition) is 5. The fraction of sp³-hybridized carbons (Fsp3) is 0.423. The topological polar surface area (TPSA) is 76.5 Å². The Hall–Kier alpha value is -3.19. The Balaban J connectivity index is 1.46. The van der Waals surface area contributed by atoms with Crippen LogP contribution in [0, 0.1) is 0 Å². The zero-order valence-corrected chi connectivity index (χ0v) is 19.3. The lowest BCUT2D eigenvalue weighted by atomic mass is 10.1. The monoisotopic (exact) mass is 448 g/mol. The van der Waals surface area contributed by atoms with Crippen molar-refractivity contribution >= 4 is 16.7 Å². The summed E-state index contributed by atoms with van der Waals surface area (Å²) in [6.45, 7) is 6.55. The number of likely N-dealkylation sites (tertiary alicyclic amines) is 1. The van der Waals surface area contributed by atoms with Gasteiger partial charge < -0.3 is 15.0 Å². The number of ether oxygens (including phenoxy) is 1. The van der Waals surface area contributed by atoms with Crippen LogP contribution in [-0.4, -0.2) is 46.8 Å². The maximum Gasteiger partial charge on any atom is 0.274 e. The van der Waals surface area contributed by atoms with E-state index in [1.165, 1.54) is 12.8 Å². The molecule has 2 aromatic carbocycles. The fourth-order valence-electron chi connectivity index (χ4n) is 4.13. The number of hydrogen-bond donors (Lipinski definition) is 1. The standard InChI is InChI=1S/C26H32N4O3/c1-2-3-18-33-21-12-10-20(11-13-21)25(31)27-19-24-22-8-4-5-9-23(22)26(32)30(28-24)17-16-29-14-6-7-15-29/h4-5,8-13H,2-3,6-7,14-19H2,1H3,(H,27,31). The predicted octanol–water partition coefficient (Wildman–Crippen LogP) is 3.60. The molecule has 1 aliphatic rings. The van der Waals surface area contributed by atoms with E-state index >= 15 is 0 Å².